The quantitative estimate of drug-likeness (QED) is 0.127. The molecule has 2 atom stereocenters. The number of halogens is 4. The van der Waals surface area contributed by atoms with Crippen molar-refractivity contribution in [1.29, 1.82) is 0 Å². The number of alkyl halides is 3. The van der Waals surface area contributed by atoms with Crippen LogP contribution in [-0.2, 0) is 22.1 Å². The fourth-order valence-electron chi connectivity index (χ4n) is 8.95. The summed E-state index contributed by atoms with van der Waals surface area (Å²) >= 11 is 0. The molecule has 320 valence electrons. The van der Waals surface area contributed by atoms with Crippen molar-refractivity contribution in [2.24, 2.45) is 5.41 Å². The minimum atomic E-state index is -4.69. The van der Waals surface area contributed by atoms with Gasteiger partial charge in [0.25, 0.3) is 0 Å². The number of aryl methyl sites for hydroxylation is 2. The van der Waals surface area contributed by atoms with E-state index in [1.165, 1.54) is 6.07 Å². The molecule has 0 amide bonds. The lowest BCUT2D eigenvalue weighted by Gasteiger charge is -2.55. The van der Waals surface area contributed by atoms with Gasteiger partial charge in [-0.05, 0) is 68.7 Å². The predicted octanol–water partition coefficient (Wildman–Crippen LogP) is 8.49. The van der Waals surface area contributed by atoms with Gasteiger partial charge in [-0.1, -0.05) is 18.2 Å². The van der Waals surface area contributed by atoms with E-state index in [2.05, 4.69) is 40.8 Å². The van der Waals surface area contributed by atoms with Gasteiger partial charge in [0.05, 0.1) is 101 Å². The number of nitrogens with one attached hydrogen (secondary N) is 2. The van der Waals surface area contributed by atoms with Gasteiger partial charge in [0.15, 0.2) is 17.5 Å². The highest BCUT2D eigenvalue weighted by Gasteiger charge is 2.49. The van der Waals surface area contributed by atoms with Crippen LogP contribution in [0.25, 0.3) is 32.8 Å². The first kappa shape index (κ1) is 39.9. The Labute approximate surface area is 353 Å². The first-order valence-electron chi connectivity index (χ1n) is 20.7. The number of rotatable bonds is 10. The zero-order chi connectivity index (χ0) is 42.9. The van der Waals surface area contributed by atoms with Gasteiger partial charge in [0.1, 0.15) is 11.8 Å². The zero-order valence-corrected chi connectivity index (χ0v) is 34.6. The van der Waals surface area contributed by atoms with Crippen molar-refractivity contribution < 1.29 is 31.5 Å². The molecule has 0 bridgehead atoms. The molecule has 8 heterocycles. The van der Waals surface area contributed by atoms with Gasteiger partial charge in [0, 0.05) is 48.9 Å². The summed E-state index contributed by atoms with van der Waals surface area (Å²) in [4.78, 5) is 13.9. The average Bonchev–Trinajstić information content (AvgIpc) is 3.62. The lowest BCUT2D eigenvalue weighted by atomic mass is 9.78. The minimum Gasteiger partial charge on any atom is -0.461 e. The van der Waals surface area contributed by atoms with E-state index in [0.29, 0.717) is 93.5 Å². The topological polar surface area (TPSA) is 139 Å². The molecule has 2 N–H and O–H groups in total. The first-order chi connectivity index (χ1) is 29.8. The van der Waals surface area contributed by atoms with Crippen LogP contribution in [0.15, 0.2) is 65.5 Å². The van der Waals surface area contributed by atoms with Crippen LogP contribution in [0.3, 0.4) is 0 Å². The Morgan fingerprint density at radius 3 is 2.18 bits per heavy atom. The number of ether oxygens (including phenoxy) is 2. The van der Waals surface area contributed by atoms with Crippen LogP contribution in [0.4, 0.5) is 40.6 Å². The molecule has 1 spiro atoms. The Hall–Kier alpha value is -6.20. The van der Waals surface area contributed by atoms with Crippen molar-refractivity contribution in [2.75, 3.05) is 73.0 Å². The number of hydrogen-bond acceptors (Lipinski definition) is 13. The second kappa shape index (κ2) is 15.3. The largest absolute Gasteiger partial charge is 0.461 e. The zero-order valence-electron chi connectivity index (χ0n) is 34.6. The monoisotopic (exact) mass is 848 g/mol. The average molecular weight is 849 g/mol. The van der Waals surface area contributed by atoms with Crippen LogP contribution in [-0.4, -0.2) is 83.0 Å². The Morgan fingerprint density at radius 2 is 1.47 bits per heavy atom. The van der Waals surface area contributed by atoms with Crippen LogP contribution >= 0.6 is 0 Å². The number of hydrogen-bond donors (Lipinski definition) is 2. The van der Waals surface area contributed by atoms with E-state index >= 15 is 13.2 Å². The second-order valence-corrected chi connectivity index (χ2v) is 16.8. The van der Waals surface area contributed by atoms with Crippen molar-refractivity contribution >= 4 is 55.8 Å². The van der Waals surface area contributed by atoms with E-state index < -0.39 is 29.6 Å². The van der Waals surface area contributed by atoms with Gasteiger partial charge in [-0.2, -0.15) is 23.4 Å². The number of fused-ring (bicyclic) bond motifs is 3. The minimum absolute atomic E-state index is 0.0742. The Bertz CT molecular complexity index is 2850. The van der Waals surface area contributed by atoms with Gasteiger partial charge in [-0.15, -0.1) is 10.2 Å². The molecule has 2 aromatic carbocycles. The number of morpholine rings is 1. The van der Waals surface area contributed by atoms with Crippen molar-refractivity contribution in [3.05, 3.63) is 106 Å². The highest BCUT2D eigenvalue weighted by molar-refractivity contribution is 5.94. The number of pyridine rings is 2. The third-order valence-corrected chi connectivity index (χ3v) is 12.5. The highest BCUT2D eigenvalue weighted by Crippen LogP contribution is 2.42. The maximum atomic E-state index is 15.2. The van der Waals surface area contributed by atoms with Crippen molar-refractivity contribution in [2.45, 2.75) is 52.4 Å². The van der Waals surface area contributed by atoms with Crippen molar-refractivity contribution in [3.8, 4) is 0 Å². The molecule has 10 rings (SSSR count). The Kier molecular flexibility index (Phi) is 9.85. The number of nitrogens with zero attached hydrogens (tertiary/aromatic N) is 8. The summed E-state index contributed by atoms with van der Waals surface area (Å²) < 4.78 is 76.6. The number of aromatic nitrogens is 6. The second-order valence-electron chi connectivity index (χ2n) is 16.8. The molecule has 17 heteroatoms. The third-order valence-electron chi connectivity index (χ3n) is 12.5. The molecule has 3 fully saturated rings. The number of furan rings is 1. The Balaban J connectivity index is 0.983. The van der Waals surface area contributed by atoms with Gasteiger partial charge in [-0.25, -0.2) is 4.39 Å². The summed E-state index contributed by atoms with van der Waals surface area (Å²) in [5.41, 5.74) is 5.20. The Morgan fingerprint density at radius 1 is 0.790 bits per heavy atom. The molecule has 0 unspecified atom stereocenters. The van der Waals surface area contributed by atoms with E-state index in [4.69, 9.17) is 23.9 Å². The molecule has 0 aliphatic carbocycles. The number of benzene rings is 2. The molecule has 13 nitrogen and oxygen atoms in total. The molecule has 5 aromatic heterocycles. The van der Waals surface area contributed by atoms with Gasteiger partial charge < -0.3 is 34.3 Å². The van der Waals surface area contributed by atoms with Crippen LogP contribution in [0.5, 0.6) is 0 Å². The smallest absolute Gasteiger partial charge is 0.416 e. The van der Waals surface area contributed by atoms with Crippen LogP contribution in [0.1, 0.15) is 65.1 Å². The van der Waals surface area contributed by atoms with E-state index in [-0.39, 0.29) is 17.4 Å². The van der Waals surface area contributed by atoms with Crippen molar-refractivity contribution in [1.82, 2.24) is 30.4 Å². The van der Waals surface area contributed by atoms with E-state index in [0.717, 1.165) is 49.2 Å². The highest BCUT2D eigenvalue weighted by atomic mass is 19.4. The van der Waals surface area contributed by atoms with Gasteiger partial charge in [0.2, 0.25) is 0 Å². The first-order valence-corrected chi connectivity index (χ1v) is 20.7. The van der Waals surface area contributed by atoms with Gasteiger partial charge in [-0.3, -0.25) is 9.97 Å². The summed E-state index contributed by atoms with van der Waals surface area (Å²) in [7, 11) is 0. The summed E-state index contributed by atoms with van der Waals surface area (Å²) in [6.45, 7) is 12.9. The fraction of sp³-hybridized carbons (Fsp3) is 0.378. The third kappa shape index (κ3) is 7.15. The maximum Gasteiger partial charge on any atom is 0.416 e. The SMILES string of the molecule is Cc1cc([C@@H](C)Nc2nnc(C)c3ncc(N4CCOCC4)cc23)cc(C(F)(F)F)c1Cc1nnc(N[C@H](C)c2cccc3c(F)coc23)c2cc(N3CC4(COC4)C3)cnc12. The lowest BCUT2D eigenvalue weighted by Crippen LogP contribution is -2.66. The summed E-state index contributed by atoms with van der Waals surface area (Å²) in [6.07, 6.45) is -0.236. The maximum absolute atomic E-state index is 15.2. The molecule has 62 heavy (non-hydrogen) atoms. The van der Waals surface area contributed by atoms with E-state index in [1.807, 2.05) is 32.0 Å². The molecular formula is C45H44F4N10O3. The molecule has 0 radical (unpaired) electrons. The van der Waals surface area contributed by atoms with Gasteiger partial charge >= 0.3 is 6.18 Å². The predicted molar refractivity (Wildman–Crippen MR) is 227 cm³/mol. The molecule has 3 saturated heterocycles. The molecule has 3 aliphatic heterocycles. The summed E-state index contributed by atoms with van der Waals surface area (Å²) in [5, 5.41) is 26.3. The standard InChI is InChI=1S/C45H44F4N10O3/c1-24-12-28(25(2)52-42-34-14-29(58-8-10-60-11-9-58)17-50-39(34)27(4)54-56-42)13-36(45(47,48)49)33(24)16-38-40-35(15-30(18-51-40)59-20-44(21-59)22-61-23-44)43(57-55-38)53-26(3)31-6-5-7-32-37(46)19-62-41(31)32/h5-7,12-15,17-19,25-26H,8-11,16,20-23H2,1-4H3,(H,52,56)(H,53,57)/t25-,26-/m1/s1. The fourth-order valence-corrected chi connectivity index (χ4v) is 8.95. The summed E-state index contributed by atoms with van der Waals surface area (Å²) in [6, 6.07) is 11.2. The molecule has 7 aromatic rings. The van der Waals surface area contributed by atoms with Crippen LogP contribution in [0, 0.1) is 25.1 Å². The number of anilines is 4. The van der Waals surface area contributed by atoms with E-state index in [1.54, 1.807) is 44.4 Å². The van der Waals surface area contributed by atoms with Crippen molar-refractivity contribution in [3.63, 3.8) is 0 Å². The van der Waals surface area contributed by atoms with Crippen LogP contribution in [0.2, 0.25) is 0 Å². The van der Waals surface area contributed by atoms with E-state index in [9.17, 15) is 4.39 Å². The molecular weight excluding hydrogens is 805 g/mol. The molecule has 0 saturated carbocycles. The number of para-hydroxylation sites is 1. The molecule has 3 aliphatic rings. The van der Waals surface area contributed by atoms with Crippen LogP contribution < -0.4 is 20.4 Å². The summed E-state index contributed by atoms with van der Waals surface area (Å²) in [5.74, 6) is 0.353. The normalized spacial score (nSPS) is 17.4. The lowest BCUT2D eigenvalue weighted by molar-refractivity contribution is -0.138.